The molecule has 3 aromatic rings. The molecule has 1 aliphatic rings. The summed E-state index contributed by atoms with van der Waals surface area (Å²) in [4.78, 5) is 47.2. The molecule has 1 saturated carbocycles. The van der Waals surface area contributed by atoms with E-state index in [2.05, 4.69) is 27.5 Å². The molecule has 10 nitrogen and oxygen atoms in total. The summed E-state index contributed by atoms with van der Waals surface area (Å²) in [7, 11) is 3.08. The van der Waals surface area contributed by atoms with Crippen molar-refractivity contribution in [2.75, 3.05) is 24.7 Å². The first-order chi connectivity index (χ1) is 16.0. The first kappa shape index (κ1) is 23.5. The van der Waals surface area contributed by atoms with Gasteiger partial charge in [-0.25, -0.2) is 9.97 Å². The molecule has 1 unspecified atom stereocenters. The Morgan fingerprint density at radius 2 is 1.82 bits per heavy atom. The Morgan fingerprint density at radius 3 is 2.41 bits per heavy atom. The minimum atomic E-state index is -0.706. The molecule has 180 valence electrons. The lowest BCUT2D eigenvalue weighted by Crippen LogP contribution is -2.40. The zero-order chi connectivity index (χ0) is 24.8. The maximum atomic E-state index is 12.6. The van der Waals surface area contributed by atoms with Crippen LogP contribution in [0.2, 0.25) is 0 Å². The maximum Gasteiger partial charge on any atom is 0.275 e. The standard InChI is InChI=1S/C24H29N5O5/c1-12-15(26-13(2)34-12)22(24(3)9-6-7-10-24)28-17-16(20(31)21(17)32)27-14-8-11-25-18(19(14)30)23(33)29(4)5/h8,11,22,28,30H,6-7,9-10H2,1-5H3,(H,25,27). The summed E-state index contributed by atoms with van der Waals surface area (Å²) < 4.78 is 5.66. The molecule has 0 spiro atoms. The third kappa shape index (κ3) is 3.93. The number of rotatable bonds is 7. The zero-order valence-corrected chi connectivity index (χ0v) is 20.0. The van der Waals surface area contributed by atoms with Crippen molar-refractivity contribution < 1.29 is 14.3 Å². The monoisotopic (exact) mass is 467 g/mol. The lowest BCUT2D eigenvalue weighted by Gasteiger charge is -2.35. The summed E-state index contributed by atoms with van der Waals surface area (Å²) in [5.41, 5.74) is -0.728. The third-order valence-electron chi connectivity index (χ3n) is 6.65. The Kier molecular flexibility index (Phi) is 5.93. The average Bonchev–Trinajstić information content (AvgIpc) is 3.38. The molecule has 4 rings (SSSR count). The van der Waals surface area contributed by atoms with Gasteiger partial charge in [-0.05, 0) is 31.2 Å². The fourth-order valence-corrected chi connectivity index (χ4v) is 4.71. The molecule has 1 amide bonds. The SMILES string of the molecule is Cc1nc(C(Nc2c(Nc3ccnc(C(=O)N(C)C)c3O)c(=O)c2=O)C2(C)CCCC2)c(C)o1. The molecule has 34 heavy (non-hydrogen) atoms. The Labute approximate surface area is 196 Å². The number of aryl methyl sites for hydroxylation is 2. The highest BCUT2D eigenvalue weighted by atomic mass is 16.4. The van der Waals surface area contributed by atoms with Gasteiger partial charge in [-0.15, -0.1) is 0 Å². The van der Waals surface area contributed by atoms with Gasteiger partial charge in [0.05, 0.1) is 11.7 Å². The van der Waals surface area contributed by atoms with Gasteiger partial charge in [0.2, 0.25) is 0 Å². The van der Waals surface area contributed by atoms with Gasteiger partial charge in [0.1, 0.15) is 22.8 Å². The highest BCUT2D eigenvalue weighted by Crippen LogP contribution is 2.49. The minimum absolute atomic E-state index is 0.0271. The predicted molar refractivity (Wildman–Crippen MR) is 127 cm³/mol. The second-order valence-corrected chi connectivity index (χ2v) is 9.40. The van der Waals surface area contributed by atoms with Crippen LogP contribution in [0.3, 0.4) is 0 Å². The molecule has 2 aromatic heterocycles. The van der Waals surface area contributed by atoms with Crippen LogP contribution in [0.25, 0.3) is 0 Å². The zero-order valence-electron chi connectivity index (χ0n) is 20.0. The number of nitrogens with zero attached hydrogens (tertiary/aromatic N) is 3. The highest BCUT2D eigenvalue weighted by Gasteiger charge is 2.42. The van der Waals surface area contributed by atoms with Gasteiger partial charge in [0.15, 0.2) is 17.3 Å². The van der Waals surface area contributed by atoms with E-state index in [4.69, 9.17) is 4.42 Å². The van der Waals surface area contributed by atoms with Gasteiger partial charge in [0, 0.05) is 27.2 Å². The number of hydrogen-bond donors (Lipinski definition) is 3. The molecular formula is C24H29N5O5. The smallest absolute Gasteiger partial charge is 0.275 e. The van der Waals surface area contributed by atoms with Gasteiger partial charge in [0.25, 0.3) is 16.8 Å². The summed E-state index contributed by atoms with van der Waals surface area (Å²) >= 11 is 0. The molecule has 1 aromatic carbocycles. The van der Waals surface area contributed by atoms with E-state index in [1.807, 2.05) is 6.92 Å². The predicted octanol–water partition coefficient (Wildman–Crippen LogP) is 3.17. The molecule has 10 heteroatoms. The summed E-state index contributed by atoms with van der Waals surface area (Å²) in [5.74, 6) is 0.303. The van der Waals surface area contributed by atoms with Crippen molar-refractivity contribution in [3.8, 4) is 5.75 Å². The third-order valence-corrected chi connectivity index (χ3v) is 6.65. The van der Waals surface area contributed by atoms with Crippen LogP contribution in [0.4, 0.5) is 17.1 Å². The van der Waals surface area contributed by atoms with Crippen LogP contribution >= 0.6 is 0 Å². The maximum absolute atomic E-state index is 12.6. The normalized spacial score (nSPS) is 15.9. The molecule has 0 aliphatic heterocycles. The Hall–Kier alpha value is -3.69. The van der Waals surface area contributed by atoms with Gasteiger partial charge >= 0.3 is 0 Å². The quantitative estimate of drug-likeness (QED) is 0.447. The number of aromatic nitrogens is 2. The molecule has 3 N–H and O–H groups in total. The molecule has 1 atom stereocenters. The largest absolute Gasteiger partial charge is 0.504 e. The van der Waals surface area contributed by atoms with Gasteiger partial charge in [-0.2, -0.15) is 0 Å². The minimum Gasteiger partial charge on any atom is -0.504 e. The van der Waals surface area contributed by atoms with E-state index < -0.39 is 22.5 Å². The molecule has 0 saturated heterocycles. The number of hydrogen-bond acceptors (Lipinski definition) is 9. The Bertz CT molecular complexity index is 1310. The van der Waals surface area contributed by atoms with E-state index in [0.29, 0.717) is 17.3 Å². The topological polar surface area (TPSA) is 138 Å². The number of carbonyl (C=O) groups excluding carboxylic acids is 1. The van der Waals surface area contributed by atoms with Crippen LogP contribution in [0.1, 0.15) is 66.5 Å². The van der Waals surface area contributed by atoms with Crippen LogP contribution in [-0.4, -0.2) is 40.0 Å². The number of amides is 1. The van der Waals surface area contributed by atoms with Crippen molar-refractivity contribution in [2.45, 2.75) is 52.5 Å². The van der Waals surface area contributed by atoms with Gasteiger partial charge in [-0.1, -0.05) is 19.8 Å². The second-order valence-electron chi connectivity index (χ2n) is 9.40. The lowest BCUT2D eigenvalue weighted by atomic mass is 9.78. The van der Waals surface area contributed by atoms with Crippen molar-refractivity contribution >= 4 is 23.0 Å². The van der Waals surface area contributed by atoms with E-state index in [-0.39, 0.29) is 34.2 Å². The summed E-state index contributed by atoms with van der Waals surface area (Å²) in [6.45, 7) is 5.75. The molecule has 0 radical (unpaired) electrons. The first-order valence-electron chi connectivity index (χ1n) is 11.2. The van der Waals surface area contributed by atoms with Crippen LogP contribution in [0, 0.1) is 19.3 Å². The van der Waals surface area contributed by atoms with E-state index in [9.17, 15) is 19.5 Å². The molecule has 0 bridgehead atoms. The number of pyridine rings is 1. The second kappa shape index (κ2) is 8.58. The van der Waals surface area contributed by atoms with Crippen LogP contribution < -0.4 is 21.5 Å². The summed E-state index contributed by atoms with van der Waals surface area (Å²) in [6.07, 6.45) is 5.36. The van der Waals surface area contributed by atoms with Crippen molar-refractivity contribution in [2.24, 2.45) is 5.41 Å². The molecule has 1 aliphatic carbocycles. The number of aromatic hydroxyl groups is 1. The fourth-order valence-electron chi connectivity index (χ4n) is 4.71. The van der Waals surface area contributed by atoms with E-state index >= 15 is 0 Å². The van der Waals surface area contributed by atoms with Crippen molar-refractivity contribution in [1.82, 2.24) is 14.9 Å². The highest BCUT2D eigenvalue weighted by molar-refractivity contribution is 5.97. The van der Waals surface area contributed by atoms with Gasteiger partial charge < -0.3 is 25.1 Å². The fraction of sp³-hybridized carbons (Fsp3) is 0.458. The Balaban J connectivity index is 1.70. The van der Waals surface area contributed by atoms with Crippen LogP contribution in [-0.2, 0) is 0 Å². The molecule has 2 heterocycles. The molecule has 1 fully saturated rings. The van der Waals surface area contributed by atoms with Crippen LogP contribution in [0.15, 0.2) is 26.3 Å². The lowest BCUT2D eigenvalue weighted by molar-refractivity contribution is 0.0819. The number of anilines is 3. The molecular weight excluding hydrogens is 438 g/mol. The van der Waals surface area contributed by atoms with E-state index in [1.165, 1.54) is 17.2 Å². The van der Waals surface area contributed by atoms with E-state index in [0.717, 1.165) is 25.7 Å². The number of nitrogens with one attached hydrogen (secondary N) is 2. The van der Waals surface area contributed by atoms with Crippen molar-refractivity contribution in [3.63, 3.8) is 0 Å². The Morgan fingerprint density at radius 1 is 1.18 bits per heavy atom. The van der Waals surface area contributed by atoms with Crippen molar-refractivity contribution in [1.29, 1.82) is 0 Å². The average molecular weight is 468 g/mol. The first-order valence-corrected chi connectivity index (χ1v) is 11.2. The van der Waals surface area contributed by atoms with Crippen molar-refractivity contribution in [3.05, 3.63) is 55.7 Å². The number of oxazole rings is 1. The van der Waals surface area contributed by atoms with Gasteiger partial charge in [-0.3, -0.25) is 14.4 Å². The summed E-state index contributed by atoms with van der Waals surface area (Å²) in [5, 5.41) is 16.7. The summed E-state index contributed by atoms with van der Waals surface area (Å²) in [6, 6.07) is 1.09. The van der Waals surface area contributed by atoms with Crippen LogP contribution in [0.5, 0.6) is 5.75 Å². The number of carbonyl (C=O) groups is 1. The van der Waals surface area contributed by atoms with E-state index in [1.54, 1.807) is 21.0 Å².